The summed E-state index contributed by atoms with van der Waals surface area (Å²) in [6.45, 7) is 4.54. The van der Waals surface area contributed by atoms with Gasteiger partial charge in [-0.3, -0.25) is 4.79 Å². The first-order valence-electron chi connectivity index (χ1n) is 8.18. The molecule has 110 valence electrons. The van der Waals surface area contributed by atoms with E-state index in [-0.39, 0.29) is 23.4 Å². The van der Waals surface area contributed by atoms with E-state index in [2.05, 4.69) is 55.2 Å². The predicted molar refractivity (Wildman–Crippen MR) is 83.6 cm³/mol. The van der Waals surface area contributed by atoms with Gasteiger partial charge in [-0.2, -0.15) is 0 Å². The van der Waals surface area contributed by atoms with Crippen molar-refractivity contribution >= 4 is 5.91 Å². The molecule has 1 heterocycles. The third-order valence-corrected chi connectivity index (χ3v) is 6.36. The summed E-state index contributed by atoms with van der Waals surface area (Å²) >= 11 is 0. The SMILES string of the molecule is C[C@H](c1ccccc1)N1C(=O)[C@H]2CC[C@H]3CC=C[C@H]1[C@]32C. The smallest absolute Gasteiger partial charge is 0.227 e. The minimum atomic E-state index is 0.162. The fraction of sp³-hybridized carbons (Fsp3) is 0.526. The third kappa shape index (κ3) is 1.62. The van der Waals surface area contributed by atoms with E-state index in [9.17, 15) is 4.79 Å². The zero-order valence-corrected chi connectivity index (χ0v) is 12.8. The molecule has 1 saturated carbocycles. The van der Waals surface area contributed by atoms with Crippen molar-refractivity contribution in [3.63, 3.8) is 0 Å². The molecule has 5 atom stereocenters. The topological polar surface area (TPSA) is 20.3 Å². The molecule has 1 amide bonds. The lowest BCUT2D eigenvalue weighted by molar-refractivity contribution is -0.133. The minimum absolute atomic E-state index is 0.162. The Hall–Kier alpha value is -1.57. The molecule has 3 aliphatic rings. The van der Waals surface area contributed by atoms with Gasteiger partial charge in [0.1, 0.15) is 0 Å². The number of carbonyl (C=O) groups excluding carboxylic acids is 1. The summed E-state index contributed by atoms with van der Waals surface area (Å²) in [6, 6.07) is 10.9. The Balaban J connectivity index is 1.75. The van der Waals surface area contributed by atoms with Crippen LogP contribution in [-0.4, -0.2) is 16.8 Å². The van der Waals surface area contributed by atoms with E-state index in [1.807, 2.05) is 6.07 Å². The average Bonchev–Trinajstić information content (AvgIpc) is 2.96. The highest BCUT2D eigenvalue weighted by Gasteiger charge is 2.62. The van der Waals surface area contributed by atoms with Gasteiger partial charge in [0, 0.05) is 11.3 Å². The summed E-state index contributed by atoms with van der Waals surface area (Å²) in [5.74, 6) is 1.31. The Labute approximate surface area is 126 Å². The number of carbonyl (C=O) groups is 1. The van der Waals surface area contributed by atoms with E-state index in [1.54, 1.807) is 0 Å². The van der Waals surface area contributed by atoms with E-state index >= 15 is 0 Å². The van der Waals surface area contributed by atoms with Crippen molar-refractivity contribution in [2.24, 2.45) is 17.3 Å². The molecule has 4 rings (SSSR count). The molecule has 2 aliphatic carbocycles. The van der Waals surface area contributed by atoms with Crippen molar-refractivity contribution in [1.29, 1.82) is 0 Å². The van der Waals surface area contributed by atoms with Gasteiger partial charge in [0.25, 0.3) is 0 Å². The van der Waals surface area contributed by atoms with Crippen LogP contribution in [0.5, 0.6) is 0 Å². The molecule has 1 aromatic rings. The zero-order valence-electron chi connectivity index (χ0n) is 12.8. The summed E-state index contributed by atoms with van der Waals surface area (Å²) < 4.78 is 0. The van der Waals surface area contributed by atoms with E-state index < -0.39 is 0 Å². The van der Waals surface area contributed by atoms with Crippen LogP contribution in [-0.2, 0) is 4.79 Å². The molecule has 1 saturated heterocycles. The van der Waals surface area contributed by atoms with E-state index in [0.717, 1.165) is 12.8 Å². The van der Waals surface area contributed by atoms with Gasteiger partial charge in [0.05, 0.1) is 12.1 Å². The van der Waals surface area contributed by atoms with Crippen molar-refractivity contribution in [3.05, 3.63) is 48.0 Å². The largest absolute Gasteiger partial charge is 0.329 e. The Morgan fingerprint density at radius 1 is 1.24 bits per heavy atom. The lowest BCUT2D eigenvalue weighted by atomic mass is 9.67. The molecule has 2 heteroatoms. The van der Waals surface area contributed by atoms with Crippen LogP contribution >= 0.6 is 0 Å². The summed E-state index contributed by atoms with van der Waals surface area (Å²) in [7, 11) is 0. The van der Waals surface area contributed by atoms with Crippen LogP contribution < -0.4 is 0 Å². The van der Waals surface area contributed by atoms with E-state index in [4.69, 9.17) is 0 Å². The third-order valence-electron chi connectivity index (χ3n) is 6.36. The van der Waals surface area contributed by atoms with Crippen LogP contribution in [0.15, 0.2) is 42.5 Å². The average molecular weight is 281 g/mol. The van der Waals surface area contributed by atoms with E-state index in [1.165, 1.54) is 12.0 Å². The highest BCUT2D eigenvalue weighted by molar-refractivity contribution is 5.84. The Bertz CT molecular complexity index is 593. The van der Waals surface area contributed by atoms with Crippen molar-refractivity contribution < 1.29 is 4.79 Å². The first-order chi connectivity index (χ1) is 10.1. The second kappa shape index (κ2) is 4.46. The first-order valence-corrected chi connectivity index (χ1v) is 8.18. The molecular formula is C19H23NO. The summed E-state index contributed by atoms with van der Waals surface area (Å²) in [5.41, 5.74) is 1.40. The number of hydrogen-bond acceptors (Lipinski definition) is 1. The number of likely N-dealkylation sites (tertiary alicyclic amines) is 1. The fourth-order valence-corrected chi connectivity index (χ4v) is 5.10. The molecule has 0 N–H and O–H groups in total. The van der Waals surface area contributed by atoms with Crippen molar-refractivity contribution in [2.45, 2.75) is 45.2 Å². The molecule has 2 fully saturated rings. The molecule has 1 aromatic carbocycles. The predicted octanol–water partition coefficient (Wildman–Crippen LogP) is 3.95. The molecule has 0 spiro atoms. The van der Waals surface area contributed by atoms with Gasteiger partial charge in [-0.1, -0.05) is 49.4 Å². The van der Waals surface area contributed by atoms with Crippen LogP contribution in [0, 0.1) is 17.3 Å². The highest BCUT2D eigenvalue weighted by Crippen LogP contribution is 2.60. The fourth-order valence-electron chi connectivity index (χ4n) is 5.10. The highest BCUT2D eigenvalue weighted by atomic mass is 16.2. The van der Waals surface area contributed by atoms with Crippen LogP contribution in [0.3, 0.4) is 0 Å². The van der Waals surface area contributed by atoms with Crippen molar-refractivity contribution in [1.82, 2.24) is 4.90 Å². The molecule has 0 aromatic heterocycles. The summed E-state index contributed by atoms with van der Waals surface area (Å²) in [6.07, 6.45) is 8.07. The van der Waals surface area contributed by atoms with Crippen LogP contribution in [0.4, 0.5) is 0 Å². The first kappa shape index (κ1) is 13.1. The monoisotopic (exact) mass is 281 g/mol. The molecule has 0 bridgehead atoms. The number of nitrogens with zero attached hydrogens (tertiary/aromatic N) is 1. The molecular weight excluding hydrogens is 258 g/mol. The van der Waals surface area contributed by atoms with Crippen molar-refractivity contribution in [2.75, 3.05) is 0 Å². The van der Waals surface area contributed by atoms with Gasteiger partial charge >= 0.3 is 0 Å². The minimum Gasteiger partial charge on any atom is -0.329 e. The molecule has 0 radical (unpaired) electrons. The zero-order chi connectivity index (χ0) is 14.6. The maximum absolute atomic E-state index is 13.0. The maximum Gasteiger partial charge on any atom is 0.227 e. The van der Waals surface area contributed by atoms with Gasteiger partial charge in [0.2, 0.25) is 5.91 Å². The second-order valence-corrected chi connectivity index (χ2v) is 7.13. The summed E-state index contributed by atoms with van der Waals surface area (Å²) in [4.78, 5) is 15.2. The molecule has 0 unspecified atom stereocenters. The second-order valence-electron chi connectivity index (χ2n) is 7.13. The van der Waals surface area contributed by atoms with E-state index in [0.29, 0.717) is 11.8 Å². The van der Waals surface area contributed by atoms with Crippen LogP contribution in [0.1, 0.15) is 44.7 Å². The number of hydrogen-bond donors (Lipinski definition) is 0. The summed E-state index contributed by atoms with van der Waals surface area (Å²) in [5, 5.41) is 0. The Morgan fingerprint density at radius 2 is 2.00 bits per heavy atom. The normalized spacial score (nSPS) is 38.7. The van der Waals surface area contributed by atoms with Gasteiger partial charge in [-0.05, 0) is 37.7 Å². The number of allylic oxidation sites excluding steroid dienone is 1. The Kier molecular flexibility index (Phi) is 2.79. The maximum atomic E-state index is 13.0. The number of rotatable bonds is 2. The molecule has 21 heavy (non-hydrogen) atoms. The lowest BCUT2D eigenvalue weighted by Crippen LogP contribution is -2.43. The number of benzene rings is 1. The number of amides is 1. The standard InChI is InChI=1S/C19H23NO/c1-13(14-7-4-3-5-8-14)20-17-10-6-9-15-11-12-16(18(20)21)19(15,17)2/h3-8,10,13,15-17H,9,11-12H2,1-2H3/t13-,15-,16-,17+,19-/m1/s1. The van der Waals surface area contributed by atoms with Crippen molar-refractivity contribution in [3.8, 4) is 0 Å². The van der Waals surface area contributed by atoms with Gasteiger partial charge in [0.15, 0.2) is 0 Å². The van der Waals surface area contributed by atoms with Gasteiger partial charge in [-0.25, -0.2) is 0 Å². The van der Waals surface area contributed by atoms with Gasteiger partial charge in [-0.15, -0.1) is 0 Å². The lowest BCUT2D eigenvalue weighted by Gasteiger charge is -2.41. The Morgan fingerprint density at radius 3 is 2.76 bits per heavy atom. The quantitative estimate of drug-likeness (QED) is 0.752. The van der Waals surface area contributed by atoms with Crippen LogP contribution in [0.25, 0.3) is 0 Å². The molecule has 2 nitrogen and oxygen atoms in total. The van der Waals surface area contributed by atoms with Crippen LogP contribution in [0.2, 0.25) is 0 Å². The van der Waals surface area contributed by atoms with Gasteiger partial charge < -0.3 is 4.90 Å². The molecule has 1 aliphatic heterocycles.